The molecule has 0 saturated carbocycles. The summed E-state index contributed by atoms with van der Waals surface area (Å²) in [6.07, 6.45) is 0. The predicted octanol–water partition coefficient (Wildman–Crippen LogP) is 4.37. The molecule has 0 aliphatic rings. The quantitative estimate of drug-likeness (QED) is 0.599. The molecule has 3 nitrogen and oxygen atoms in total. The average Bonchev–Trinajstić information content (AvgIpc) is 2.32. The fourth-order valence-corrected chi connectivity index (χ4v) is 1.77. The van der Waals surface area contributed by atoms with Crippen molar-refractivity contribution in [3.05, 3.63) is 62.6 Å². The van der Waals surface area contributed by atoms with Crippen molar-refractivity contribution in [2.75, 3.05) is 0 Å². The number of hydrogen-bond acceptors (Lipinski definition) is 2. The Labute approximate surface area is 108 Å². The van der Waals surface area contributed by atoms with E-state index in [9.17, 15) is 10.1 Å². The molecule has 0 fully saturated rings. The lowest BCUT2D eigenvalue weighted by atomic mass is 10.0. The minimum absolute atomic E-state index is 0.0779. The summed E-state index contributed by atoms with van der Waals surface area (Å²) in [6, 6.07) is 12.3. The second-order valence-corrected chi connectivity index (χ2v) is 4.13. The van der Waals surface area contributed by atoms with Gasteiger partial charge in [-0.3, -0.25) is 10.1 Å². The standard InChI is InChI=1S/C12H6Cl2NO2/c13-10-6-5-8(7-11(10)14)9-3-1-2-4-12(9)15(16)17/h1-3,5-7H. The molecule has 0 aliphatic heterocycles. The Morgan fingerprint density at radius 1 is 1.18 bits per heavy atom. The van der Waals surface area contributed by atoms with Crippen LogP contribution in [0, 0.1) is 16.2 Å². The van der Waals surface area contributed by atoms with Gasteiger partial charge in [-0.05, 0) is 29.8 Å². The van der Waals surface area contributed by atoms with Crippen LogP contribution < -0.4 is 0 Å². The molecular weight excluding hydrogens is 261 g/mol. The smallest absolute Gasteiger partial charge is 0.258 e. The topological polar surface area (TPSA) is 43.1 Å². The maximum atomic E-state index is 10.9. The Morgan fingerprint density at radius 3 is 2.59 bits per heavy atom. The van der Waals surface area contributed by atoms with Crippen LogP contribution in [0.5, 0.6) is 0 Å². The fourth-order valence-electron chi connectivity index (χ4n) is 1.48. The summed E-state index contributed by atoms with van der Waals surface area (Å²) in [5, 5.41) is 11.6. The SMILES string of the molecule is O=[N+]([O-])c1[c]cccc1-c1ccc(Cl)c(Cl)c1. The zero-order valence-corrected chi connectivity index (χ0v) is 10.00. The van der Waals surface area contributed by atoms with Gasteiger partial charge < -0.3 is 0 Å². The van der Waals surface area contributed by atoms with E-state index < -0.39 is 4.92 Å². The Balaban J connectivity index is 2.60. The normalized spacial score (nSPS) is 10.2. The number of benzene rings is 2. The first-order valence-electron chi connectivity index (χ1n) is 4.70. The highest BCUT2D eigenvalue weighted by Crippen LogP contribution is 2.33. The highest BCUT2D eigenvalue weighted by atomic mass is 35.5. The van der Waals surface area contributed by atoms with Gasteiger partial charge in [-0.25, -0.2) is 0 Å². The number of halogens is 2. The molecular formula is C12H6Cl2NO2. The summed E-state index contributed by atoms with van der Waals surface area (Å²) >= 11 is 11.7. The van der Waals surface area contributed by atoms with Crippen LogP contribution in [0.25, 0.3) is 11.1 Å². The second-order valence-electron chi connectivity index (χ2n) is 3.32. The van der Waals surface area contributed by atoms with Gasteiger partial charge in [0.1, 0.15) is 0 Å². The molecule has 1 radical (unpaired) electrons. The third kappa shape index (κ3) is 2.40. The molecule has 0 heterocycles. The Morgan fingerprint density at radius 2 is 1.94 bits per heavy atom. The van der Waals surface area contributed by atoms with E-state index in [-0.39, 0.29) is 5.69 Å². The number of nitro benzene ring substituents is 1. The summed E-state index contributed by atoms with van der Waals surface area (Å²) in [5.41, 5.74) is 1.03. The summed E-state index contributed by atoms with van der Waals surface area (Å²) < 4.78 is 0. The highest BCUT2D eigenvalue weighted by molar-refractivity contribution is 6.42. The largest absolute Gasteiger partial charge is 0.285 e. The zero-order chi connectivity index (χ0) is 12.4. The molecule has 2 aromatic rings. The maximum Gasteiger partial charge on any atom is 0.285 e. The van der Waals surface area contributed by atoms with Gasteiger partial charge >= 0.3 is 0 Å². The number of para-hydroxylation sites is 1. The first kappa shape index (κ1) is 11.9. The van der Waals surface area contributed by atoms with Gasteiger partial charge in [0.2, 0.25) is 0 Å². The van der Waals surface area contributed by atoms with Crippen LogP contribution in [0.15, 0.2) is 36.4 Å². The van der Waals surface area contributed by atoms with E-state index >= 15 is 0 Å². The molecule has 0 aliphatic carbocycles. The molecule has 0 spiro atoms. The third-order valence-corrected chi connectivity index (χ3v) is 2.99. The summed E-state index contributed by atoms with van der Waals surface area (Å²) in [6.45, 7) is 0. The first-order chi connectivity index (χ1) is 8.09. The molecule has 0 aromatic heterocycles. The van der Waals surface area contributed by atoms with Crippen molar-refractivity contribution in [1.29, 1.82) is 0 Å². The van der Waals surface area contributed by atoms with Crippen molar-refractivity contribution in [3.8, 4) is 11.1 Å². The third-order valence-electron chi connectivity index (χ3n) is 2.25. The van der Waals surface area contributed by atoms with Gasteiger partial charge in [0.25, 0.3) is 5.69 Å². The van der Waals surface area contributed by atoms with Crippen LogP contribution in [0.4, 0.5) is 5.69 Å². The predicted molar refractivity (Wildman–Crippen MR) is 67.4 cm³/mol. The number of nitro groups is 1. The van der Waals surface area contributed by atoms with Crippen LogP contribution in [-0.4, -0.2) is 4.92 Å². The number of nitrogens with zero attached hydrogens (tertiary/aromatic N) is 1. The molecule has 17 heavy (non-hydrogen) atoms. The molecule has 0 amide bonds. The van der Waals surface area contributed by atoms with E-state index in [0.717, 1.165) is 0 Å². The van der Waals surface area contributed by atoms with E-state index in [1.165, 1.54) is 6.07 Å². The van der Waals surface area contributed by atoms with Crippen molar-refractivity contribution >= 4 is 28.9 Å². The van der Waals surface area contributed by atoms with Crippen LogP contribution in [0.1, 0.15) is 0 Å². The van der Waals surface area contributed by atoms with Gasteiger partial charge in [0, 0.05) is 0 Å². The van der Waals surface area contributed by atoms with E-state index in [1.54, 1.807) is 30.3 Å². The monoisotopic (exact) mass is 266 g/mol. The molecule has 0 atom stereocenters. The Kier molecular flexibility index (Phi) is 3.31. The van der Waals surface area contributed by atoms with Gasteiger partial charge in [-0.2, -0.15) is 0 Å². The molecule has 0 N–H and O–H groups in total. The summed E-state index contributed by atoms with van der Waals surface area (Å²) in [7, 11) is 0. The Bertz CT molecular complexity index is 584. The zero-order valence-electron chi connectivity index (χ0n) is 8.48. The van der Waals surface area contributed by atoms with E-state index in [1.807, 2.05) is 0 Å². The summed E-state index contributed by atoms with van der Waals surface area (Å²) in [4.78, 5) is 10.4. The molecule has 2 aromatic carbocycles. The van der Waals surface area contributed by atoms with Crippen LogP contribution in [-0.2, 0) is 0 Å². The lowest BCUT2D eigenvalue weighted by Gasteiger charge is -2.04. The number of hydrogen-bond donors (Lipinski definition) is 0. The van der Waals surface area contributed by atoms with Crippen molar-refractivity contribution in [1.82, 2.24) is 0 Å². The Hall–Kier alpha value is -1.58. The van der Waals surface area contributed by atoms with Crippen molar-refractivity contribution in [3.63, 3.8) is 0 Å². The van der Waals surface area contributed by atoms with Gasteiger partial charge in [-0.1, -0.05) is 35.3 Å². The highest BCUT2D eigenvalue weighted by Gasteiger charge is 2.15. The molecule has 85 valence electrons. The van der Waals surface area contributed by atoms with Crippen molar-refractivity contribution in [2.45, 2.75) is 0 Å². The average molecular weight is 267 g/mol. The lowest BCUT2D eigenvalue weighted by Crippen LogP contribution is -1.91. The second kappa shape index (κ2) is 4.73. The van der Waals surface area contributed by atoms with Gasteiger partial charge in [-0.15, -0.1) is 0 Å². The van der Waals surface area contributed by atoms with Crippen molar-refractivity contribution in [2.24, 2.45) is 0 Å². The minimum atomic E-state index is -0.474. The maximum absolute atomic E-state index is 10.9. The van der Waals surface area contributed by atoms with Crippen LogP contribution in [0.3, 0.4) is 0 Å². The molecule has 0 unspecified atom stereocenters. The van der Waals surface area contributed by atoms with E-state index in [4.69, 9.17) is 23.2 Å². The van der Waals surface area contributed by atoms with E-state index in [0.29, 0.717) is 21.2 Å². The van der Waals surface area contributed by atoms with E-state index in [2.05, 4.69) is 6.07 Å². The summed E-state index contributed by atoms with van der Waals surface area (Å²) in [5.74, 6) is 0. The lowest BCUT2D eigenvalue weighted by molar-refractivity contribution is -0.384. The van der Waals surface area contributed by atoms with Crippen LogP contribution >= 0.6 is 23.2 Å². The fraction of sp³-hybridized carbons (Fsp3) is 0. The number of rotatable bonds is 2. The first-order valence-corrected chi connectivity index (χ1v) is 5.45. The van der Waals surface area contributed by atoms with Crippen LogP contribution in [0.2, 0.25) is 10.0 Å². The molecule has 2 rings (SSSR count). The van der Waals surface area contributed by atoms with Gasteiger partial charge in [0.05, 0.1) is 26.6 Å². The minimum Gasteiger partial charge on any atom is -0.258 e. The van der Waals surface area contributed by atoms with Crippen molar-refractivity contribution < 1.29 is 4.92 Å². The molecule has 0 bridgehead atoms. The molecule has 5 heteroatoms. The van der Waals surface area contributed by atoms with Gasteiger partial charge in [0.15, 0.2) is 0 Å². The molecule has 0 saturated heterocycles.